The molecule has 2 aromatic carbocycles. The Labute approximate surface area is 109 Å². The second-order valence-electron chi connectivity index (χ2n) is 4.38. The number of rotatable bonds is 1. The van der Waals surface area contributed by atoms with Gasteiger partial charge in [-0.05, 0) is 24.3 Å². The van der Waals surface area contributed by atoms with E-state index in [9.17, 15) is 22.0 Å². The van der Waals surface area contributed by atoms with Crippen LogP contribution in [-0.4, -0.2) is 6.18 Å². The number of benzene rings is 2. The van der Waals surface area contributed by atoms with E-state index in [1.807, 2.05) is 0 Å². The van der Waals surface area contributed by atoms with Gasteiger partial charge in [-0.15, -0.1) is 0 Å². The molecule has 0 aliphatic heterocycles. The molecule has 20 heavy (non-hydrogen) atoms. The highest BCUT2D eigenvalue weighted by Crippen LogP contribution is 2.45. The summed E-state index contributed by atoms with van der Waals surface area (Å²) in [4.78, 5) is 0. The summed E-state index contributed by atoms with van der Waals surface area (Å²) in [6.45, 7) is 0. The first-order valence-corrected chi connectivity index (χ1v) is 5.67. The van der Waals surface area contributed by atoms with Gasteiger partial charge < -0.3 is 4.42 Å². The zero-order chi connectivity index (χ0) is 14.5. The fourth-order valence-corrected chi connectivity index (χ4v) is 2.09. The van der Waals surface area contributed by atoms with Crippen LogP contribution in [-0.2, 0) is 5.92 Å². The van der Waals surface area contributed by atoms with Gasteiger partial charge in [0.1, 0.15) is 11.2 Å². The van der Waals surface area contributed by atoms with Crippen LogP contribution in [0.15, 0.2) is 46.9 Å². The summed E-state index contributed by atoms with van der Waals surface area (Å²) in [5, 5.41) is 0.740. The van der Waals surface area contributed by atoms with Crippen molar-refractivity contribution in [2.75, 3.05) is 0 Å². The zero-order valence-electron chi connectivity index (χ0n) is 9.84. The molecule has 0 saturated carbocycles. The SMILES string of the molecule is FC(F)(F)C(F)(F)c1ccc2oc3ccccc3c2c1. The molecule has 0 amide bonds. The van der Waals surface area contributed by atoms with Crippen molar-refractivity contribution in [3.8, 4) is 0 Å². The van der Waals surface area contributed by atoms with E-state index >= 15 is 0 Å². The summed E-state index contributed by atoms with van der Waals surface area (Å²) in [6, 6.07) is 9.27. The Bertz CT molecular complexity index is 785. The smallest absolute Gasteiger partial charge is 0.456 e. The van der Waals surface area contributed by atoms with Crippen molar-refractivity contribution >= 4 is 21.9 Å². The molecule has 0 N–H and O–H groups in total. The van der Waals surface area contributed by atoms with Crippen LogP contribution in [0.1, 0.15) is 5.56 Å². The third-order valence-electron chi connectivity index (χ3n) is 3.10. The number of alkyl halides is 5. The van der Waals surface area contributed by atoms with E-state index in [4.69, 9.17) is 4.42 Å². The second-order valence-corrected chi connectivity index (χ2v) is 4.38. The Kier molecular flexibility index (Phi) is 2.54. The molecule has 3 aromatic rings. The van der Waals surface area contributed by atoms with E-state index in [1.54, 1.807) is 24.3 Å². The van der Waals surface area contributed by atoms with Gasteiger partial charge in [0, 0.05) is 16.3 Å². The minimum Gasteiger partial charge on any atom is -0.456 e. The summed E-state index contributed by atoms with van der Waals surface area (Å²) in [6.07, 6.45) is -5.62. The fourth-order valence-electron chi connectivity index (χ4n) is 2.09. The molecule has 0 radical (unpaired) electrons. The molecule has 0 saturated heterocycles. The fraction of sp³-hybridized carbons (Fsp3) is 0.143. The standard InChI is InChI=1S/C14H7F5O/c15-13(16,14(17,18)19)8-5-6-12-10(7-8)9-3-1-2-4-11(9)20-12/h1-7H. The van der Waals surface area contributed by atoms with E-state index in [0.717, 1.165) is 18.2 Å². The highest BCUT2D eigenvalue weighted by atomic mass is 19.4. The van der Waals surface area contributed by atoms with Crippen molar-refractivity contribution in [3.05, 3.63) is 48.0 Å². The molecular formula is C14H7F5O. The molecule has 0 atom stereocenters. The van der Waals surface area contributed by atoms with Crippen LogP contribution in [0.25, 0.3) is 21.9 Å². The number of para-hydroxylation sites is 1. The largest absolute Gasteiger partial charge is 0.458 e. The molecule has 0 aliphatic carbocycles. The first kappa shape index (κ1) is 12.9. The topological polar surface area (TPSA) is 13.1 Å². The summed E-state index contributed by atoms with van der Waals surface area (Å²) in [7, 11) is 0. The molecule has 0 bridgehead atoms. The van der Waals surface area contributed by atoms with Gasteiger partial charge in [0.2, 0.25) is 0 Å². The summed E-state index contributed by atoms with van der Waals surface area (Å²) >= 11 is 0. The Morgan fingerprint density at radius 2 is 1.40 bits per heavy atom. The molecule has 1 aromatic heterocycles. The number of fused-ring (bicyclic) bond motifs is 3. The lowest BCUT2D eigenvalue weighted by atomic mass is 10.0. The zero-order valence-corrected chi connectivity index (χ0v) is 9.84. The van der Waals surface area contributed by atoms with Gasteiger partial charge in [-0.3, -0.25) is 0 Å². The molecular weight excluding hydrogens is 279 g/mol. The van der Waals surface area contributed by atoms with Gasteiger partial charge in [-0.2, -0.15) is 22.0 Å². The average Bonchev–Trinajstić information content (AvgIpc) is 2.75. The predicted molar refractivity (Wildman–Crippen MR) is 63.7 cm³/mol. The predicted octanol–water partition coefficient (Wildman–Crippen LogP) is 5.24. The molecule has 0 fully saturated rings. The molecule has 6 heteroatoms. The monoisotopic (exact) mass is 286 g/mol. The van der Waals surface area contributed by atoms with Gasteiger partial charge >= 0.3 is 12.1 Å². The maximum absolute atomic E-state index is 13.3. The van der Waals surface area contributed by atoms with Crippen LogP contribution in [0.2, 0.25) is 0 Å². The van der Waals surface area contributed by atoms with Gasteiger partial charge in [0.15, 0.2) is 0 Å². The lowest BCUT2D eigenvalue weighted by molar-refractivity contribution is -0.289. The lowest BCUT2D eigenvalue weighted by Gasteiger charge is -2.19. The first-order chi connectivity index (χ1) is 9.30. The number of hydrogen-bond donors (Lipinski definition) is 0. The van der Waals surface area contributed by atoms with E-state index in [-0.39, 0.29) is 11.0 Å². The van der Waals surface area contributed by atoms with Gasteiger partial charge in [0.25, 0.3) is 0 Å². The van der Waals surface area contributed by atoms with Crippen LogP contribution >= 0.6 is 0 Å². The van der Waals surface area contributed by atoms with Gasteiger partial charge in [-0.25, -0.2) is 0 Å². The van der Waals surface area contributed by atoms with E-state index in [2.05, 4.69) is 0 Å². The average molecular weight is 286 g/mol. The molecule has 1 nitrogen and oxygen atoms in total. The molecule has 0 aliphatic rings. The Balaban J connectivity index is 2.27. The summed E-state index contributed by atoms with van der Waals surface area (Å²) < 4.78 is 69.2. The molecule has 104 valence electrons. The highest BCUT2D eigenvalue weighted by Gasteiger charge is 2.58. The van der Waals surface area contributed by atoms with Crippen molar-refractivity contribution in [2.45, 2.75) is 12.1 Å². The first-order valence-electron chi connectivity index (χ1n) is 5.67. The Hall–Kier alpha value is -2.11. The normalized spacial score (nSPS) is 13.2. The van der Waals surface area contributed by atoms with Crippen molar-refractivity contribution < 1.29 is 26.4 Å². The van der Waals surface area contributed by atoms with Gasteiger partial charge in [0.05, 0.1) is 0 Å². The lowest BCUT2D eigenvalue weighted by Crippen LogP contribution is -2.33. The van der Waals surface area contributed by atoms with E-state index < -0.39 is 17.7 Å². The van der Waals surface area contributed by atoms with Crippen LogP contribution < -0.4 is 0 Å². The van der Waals surface area contributed by atoms with Crippen molar-refractivity contribution in [1.82, 2.24) is 0 Å². The summed E-state index contributed by atoms with van der Waals surface area (Å²) in [5.74, 6) is -4.89. The maximum Gasteiger partial charge on any atom is 0.458 e. The van der Waals surface area contributed by atoms with Crippen LogP contribution in [0.4, 0.5) is 22.0 Å². The molecule has 0 spiro atoms. The van der Waals surface area contributed by atoms with Crippen molar-refractivity contribution in [3.63, 3.8) is 0 Å². The van der Waals surface area contributed by atoms with Gasteiger partial charge in [-0.1, -0.05) is 18.2 Å². The summed E-state index contributed by atoms with van der Waals surface area (Å²) in [5.41, 5.74) is -0.382. The van der Waals surface area contributed by atoms with Crippen molar-refractivity contribution in [2.24, 2.45) is 0 Å². The number of hydrogen-bond acceptors (Lipinski definition) is 1. The quantitative estimate of drug-likeness (QED) is 0.557. The Morgan fingerprint density at radius 1 is 0.750 bits per heavy atom. The third kappa shape index (κ3) is 1.75. The third-order valence-corrected chi connectivity index (χ3v) is 3.10. The molecule has 1 heterocycles. The molecule has 0 unspecified atom stereocenters. The van der Waals surface area contributed by atoms with E-state index in [1.165, 1.54) is 0 Å². The Morgan fingerprint density at radius 3 is 2.10 bits per heavy atom. The van der Waals surface area contributed by atoms with Crippen LogP contribution in [0.5, 0.6) is 0 Å². The maximum atomic E-state index is 13.3. The number of furan rings is 1. The highest BCUT2D eigenvalue weighted by molar-refractivity contribution is 6.05. The second kappa shape index (κ2) is 3.94. The number of halogens is 5. The van der Waals surface area contributed by atoms with Crippen LogP contribution in [0, 0.1) is 0 Å². The minimum absolute atomic E-state index is 0.238. The van der Waals surface area contributed by atoms with Crippen LogP contribution in [0.3, 0.4) is 0 Å². The molecule has 3 rings (SSSR count). The van der Waals surface area contributed by atoms with E-state index in [0.29, 0.717) is 11.0 Å². The van der Waals surface area contributed by atoms with Crippen molar-refractivity contribution in [1.29, 1.82) is 0 Å². The minimum atomic E-state index is -5.62.